The number of carbonyl (C=O) groups excluding carboxylic acids is 1. The standard InChI is InChI=1S/C16H23BrN2OS.ClH/c1-11-7-15(12(2)6-14(11)17)21-10-16(20)19-9-13-4-3-5-18-8-13;/h6-7,13,18H,3-5,8-10H2,1-2H3,(H,19,20);1H. The quantitative estimate of drug-likeness (QED) is 0.731. The van der Waals surface area contributed by atoms with E-state index in [9.17, 15) is 4.79 Å². The van der Waals surface area contributed by atoms with E-state index in [4.69, 9.17) is 0 Å². The molecule has 6 heteroatoms. The second kappa shape index (κ2) is 9.81. The highest BCUT2D eigenvalue weighted by Crippen LogP contribution is 2.28. The summed E-state index contributed by atoms with van der Waals surface area (Å²) in [6, 6.07) is 4.26. The summed E-state index contributed by atoms with van der Waals surface area (Å²) in [4.78, 5) is 13.1. The summed E-state index contributed by atoms with van der Waals surface area (Å²) in [6.07, 6.45) is 2.43. The average Bonchev–Trinajstić information content (AvgIpc) is 2.48. The first-order valence-corrected chi connectivity index (χ1v) is 9.21. The Morgan fingerprint density at radius 1 is 1.41 bits per heavy atom. The van der Waals surface area contributed by atoms with Crippen LogP contribution < -0.4 is 10.6 Å². The molecule has 1 unspecified atom stereocenters. The van der Waals surface area contributed by atoms with E-state index in [1.165, 1.54) is 28.9 Å². The van der Waals surface area contributed by atoms with E-state index in [1.807, 2.05) is 0 Å². The van der Waals surface area contributed by atoms with Gasteiger partial charge < -0.3 is 10.6 Å². The van der Waals surface area contributed by atoms with Crippen molar-refractivity contribution in [2.75, 3.05) is 25.4 Å². The van der Waals surface area contributed by atoms with Crippen molar-refractivity contribution < 1.29 is 4.79 Å². The van der Waals surface area contributed by atoms with Gasteiger partial charge in [-0.15, -0.1) is 24.2 Å². The van der Waals surface area contributed by atoms with Crippen LogP contribution in [-0.2, 0) is 4.79 Å². The first-order valence-electron chi connectivity index (χ1n) is 7.43. The number of aryl methyl sites for hydroxylation is 2. The van der Waals surface area contributed by atoms with Crippen LogP contribution in [0.5, 0.6) is 0 Å². The number of carbonyl (C=O) groups is 1. The first kappa shape index (κ1) is 19.8. The Morgan fingerprint density at radius 2 is 2.18 bits per heavy atom. The molecule has 0 radical (unpaired) electrons. The van der Waals surface area contributed by atoms with Gasteiger partial charge in [-0.1, -0.05) is 15.9 Å². The number of rotatable bonds is 5. The van der Waals surface area contributed by atoms with Crippen molar-refractivity contribution >= 4 is 46.0 Å². The molecule has 1 atom stereocenters. The van der Waals surface area contributed by atoms with Crippen LogP contribution in [0.2, 0.25) is 0 Å². The normalized spacial score (nSPS) is 17.7. The fourth-order valence-corrected chi connectivity index (χ4v) is 3.85. The minimum atomic E-state index is 0. The summed E-state index contributed by atoms with van der Waals surface area (Å²) in [6.45, 7) is 7.09. The molecule has 0 aromatic heterocycles. The van der Waals surface area contributed by atoms with Crippen molar-refractivity contribution in [2.45, 2.75) is 31.6 Å². The molecule has 0 aliphatic carbocycles. The monoisotopic (exact) mass is 406 g/mol. The van der Waals surface area contributed by atoms with Crippen molar-refractivity contribution in [1.29, 1.82) is 0 Å². The van der Waals surface area contributed by atoms with Crippen molar-refractivity contribution in [3.05, 3.63) is 27.7 Å². The number of piperidine rings is 1. The lowest BCUT2D eigenvalue weighted by molar-refractivity contribution is -0.118. The smallest absolute Gasteiger partial charge is 0.230 e. The summed E-state index contributed by atoms with van der Waals surface area (Å²) >= 11 is 5.15. The van der Waals surface area contributed by atoms with E-state index >= 15 is 0 Å². The molecule has 1 aromatic carbocycles. The minimum absolute atomic E-state index is 0. The number of halogens is 2. The lowest BCUT2D eigenvalue weighted by Crippen LogP contribution is -2.38. The van der Waals surface area contributed by atoms with Crippen LogP contribution >= 0.6 is 40.1 Å². The van der Waals surface area contributed by atoms with Crippen LogP contribution in [0.3, 0.4) is 0 Å². The topological polar surface area (TPSA) is 41.1 Å². The molecule has 2 N–H and O–H groups in total. The van der Waals surface area contributed by atoms with E-state index in [1.54, 1.807) is 11.8 Å². The SMILES string of the molecule is Cc1cc(SCC(=O)NCC2CCCNC2)c(C)cc1Br.Cl. The van der Waals surface area contributed by atoms with Gasteiger partial charge in [0, 0.05) is 15.9 Å². The Bertz CT molecular complexity index is 507. The molecular formula is C16H24BrClN2OS. The predicted octanol–water partition coefficient (Wildman–Crippen LogP) is 3.70. The van der Waals surface area contributed by atoms with Crippen molar-refractivity contribution in [2.24, 2.45) is 5.92 Å². The molecule has 0 bridgehead atoms. The number of thioether (sulfide) groups is 1. The summed E-state index contributed by atoms with van der Waals surface area (Å²) in [5.41, 5.74) is 2.42. The van der Waals surface area contributed by atoms with Gasteiger partial charge in [0.25, 0.3) is 0 Å². The third kappa shape index (κ3) is 6.11. The fourth-order valence-electron chi connectivity index (χ4n) is 2.46. The van der Waals surface area contributed by atoms with Crippen LogP contribution in [0.4, 0.5) is 0 Å². The van der Waals surface area contributed by atoms with Crippen LogP contribution in [0.25, 0.3) is 0 Å². The second-order valence-corrected chi connectivity index (χ2v) is 7.54. The van der Waals surface area contributed by atoms with E-state index in [2.05, 4.69) is 52.5 Å². The Hall–Kier alpha value is -0.230. The third-order valence-electron chi connectivity index (χ3n) is 3.80. The van der Waals surface area contributed by atoms with Gasteiger partial charge in [0.1, 0.15) is 0 Å². The summed E-state index contributed by atoms with van der Waals surface area (Å²) in [5, 5.41) is 6.43. The maximum Gasteiger partial charge on any atom is 0.230 e. The molecular weight excluding hydrogens is 384 g/mol. The number of hydrogen-bond donors (Lipinski definition) is 2. The molecule has 1 aliphatic rings. The highest BCUT2D eigenvalue weighted by molar-refractivity contribution is 9.10. The van der Waals surface area contributed by atoms with E-state index in [0.717, 1.165) is 24.1 Å². The second-order valence-electron chi connectivity index (χ2n) is 5.67. The number of amides is 1. The molecule has 2 rings (SSSR count). The summed E-state index contributed by atoms with van der Waals surface area (Å²) < 4.78 is 1.12. The maximum absolute atomic E-state index is 12.0. The van der Waals surface area contributed by atoms with Crippen LogP contribution in [0, 0.1) is 19.8 Å². The van der Waals surface area contributed by atoms with Gasteiger partial charge in [-0.2, -0.15) is 0 Å². The Balaban J connectivity index is 0.00000242. The zero-order chi connectivity index (χ0) is 15.2. The van der Waals surface area contributed by atoms with Gasteiger partial charge in [0.05, 0.1) is 5.75 Å². The molecule has 3 nitrogen and oxygen atoms in total. The Kier molecular flexibility index (Phi) is 8.83. The number of benzene rings is 1. The Labute approximate surface area is 151 Å². The molecule has 0 saturated carbocycles. The van der Waals surface area contributed by atoms with Crippen LogP contribution in [0.1, 0.15) is 24.0 Å². The molecule has 22 heavy (non-hydrogen) atoms. The largest absolute Gasteiger partial charge is 0.355 e. The third-order valence-corrected chi connectivity index (χ3v) is 5.81. The lowest BCUT2D eigenvalue weighted by Gasteiger charge is -2.22. The van der Waals surface area contributed by atoms with Gasteiger partial charge >= 0.3 is 0 Å². The molecule has 1 amide bonds. The zero-order valence-electron chi connectivity index (χ0n) is 13.1. The molecule has 0 spiro atoms. The highest BCUT2D eigenvalue weighted by Gasteiger charge is 2.14. The van der Waals surface area contributed by atoms with Gasteiger partial charge in [0.15, 0.2) is 0 Å². The maximum atomic E-state index is 12.0. The van der Waals surface area contributed by atoms with E-state index < -0.39 is 0 Å². The zero-order valence-corrected chi connectivity index (χ0v) is 16.3. The molecule has 1 fully saturated rings. The molecule has 1 saturated heterocycles. The highest BCUT2D eigenvalue weighted by atomic mass is 79.9. The van der Waals surface area contributed by atoms with Crippen molar-refractivity contribution in [3.63, 3.8) is 0 Å². The van der Waals surface area contributed by atoms with Gasteiger partial charge in [-0.25, -0.2) is 0 Å². The molecule has 124 valence electrons. The molecule has 1 aromatic rings. The summed E-state index contributed by atoms with van der Waals surface area (Å²) in [5.74, 6) is 1.21. The first-order chi connectivity index (χ1) is 10.1. The van der Waals surface area contributed by atoms with Crippen LogP contribution in [0.15, 0.2) is 21.5 Å². The van der Waals surface area contributed by atoms with Crippen molar-refractivity contribution in [1.82, 2.24) is 10.6 Å². The Morgan fingerprint density at radius 3 is 2.86 bits per heavy atom. The average molecular weight is 408 g/mol. The number of nitrogens with one attached hydrogen (secondary N) is 2. The fraction of sp³-hybridized carbons (Fsp3) is 0.562. The molecule has 1 heterocycles. The van der Waals surface area contributed by atoms with Crippen LogP contribution in [-0.4, -0.2) is 31.3 Å². The van der Waals surface area contributed by atoms with E-state index in [-0.39, 0.29) is 18.3 Å². The number of hydrogen-bond acceptors (Lipinski definition) is 3. The summed E-state index contributed by atoms with van der Waals surface area (Å²) in [7, 11) is 0. The minimum Gasteiger partial charge on any atom is -0.355 e. The lowest BCUT2D eigenvalue weighted by atomic mass is 10.00. The van der Waals surface area contributed by atoms with Gasteiger partial charge in [-0.05, 0) is 69.0 Å². The van der Waals surface area contributed by atoms with E-state index in [0.29, 0.717) is 11.7 Å². The van der Waals surface area contributed by atoms with Gasteiger partial charge in [0.2, 0.25) is 5.91 Å². The van der Waals surface area contributed by atoms with Crippen molar-refractivity contribution in [3.8, 4) is 0 Å². The van der Waals surface area contributed by atoms with Gasteiger partial charge in [-0.3, -0.25) is 4.79 Å². The predicted molar refractivity (Wildman–Crippen MR) is 100 cm³/mol. The molecule has 1 aliphatic heterocycles.